The number of likely N-dealkylation sites (tertiary alicyclic amines) is 1. The van der Waals surface area contributed by atoms with Crippen LogP contribution in [0.25, 0.3) is 21.7 Å². The lowest BCUT2D eigenvalue weighted by Gasteiger charge is -2.30. The maximum absolute atomic E-state index is 12.6. The molecule has 6 nitrogen and oxygen atoms in total. The topological polar surface area (TPSA) is 79.6 Å². The van der Waals surface area contributed by atoms with Crippen molar-refractivity contribution in [1.82, 2.24) is 4.90 Å². The van der Waals surface area contributed by atoms with Crippen LogP contribution >= 0.6 is 11.3 Å². The van der Waals surface area contributed by atoms with Gasteiger partial charge in [-0.05, 0) is 18.9 Å². The Morgan fingerprint density at radius 1 is 1.19 bits per heavy atom. The first kappa shape index (κ1) is 16.8. The molecule has 1 N–H and O–H groups in total. The minimum atomic E-state index is -0.443. The van der Waals surface area contributed by atoms with Crippen molar-refractivity contribution >= 4 is 49.9 Å². The van der Waals surface area contributed by atoms with Crippen LogP contribution < -0.4 is 10.9 Å². The van der Waals surface area contributed by atoms with Gasteiger partial charge in [-0.2, -0.15) is 0 Å². The van der Waals surface area contributed by atoms with Crippen LogP contribution in [0.4, 0.5) is 5.00 Å². The summed E-state index contributed by atoms with van der Waals surface area (Å²) in [5.74, 6) is -0.225. The maximum Gasteiger partial charge on any atom is 0.347 e. The van der Waals surface area contributed by atoms with Crippen LogP contribution in [0, 0.1) is 5.92 Å². The van der Waals surface area contributed by atoms with E-state index in [1.807, 2.05) is 23.6 Å². The highest BCUT2D eigenvalue weighted by Crippen LogP contribution is 2.34. The van der Waals surface area contributed by atoms with Crippen LogP contribution in [-0.4, -0.2) is 29.8 Å². The number of nitrogens with zero attached hydrogens (tertiary/aromatic N) is 1. The van der Waals surface area contributed by atoms with Gasteiger partial charge in [-0.1, -0.05) is 18.2 Å². The first-order valence-corrected chi connectivity index (χ1v) is 9.42. The number of nitrogens with one attached hydrogen (secondary N) is 1. The van der Waals surface area contributed by atoms with Crippen molar-refractivity contribution in [2.45, 2.75) is 19.8 Å². The number of anilines is 1. The second kappa shape index (κ2) is 6.57. The van der Waals surface area contributed by atoms with Crippen molar-refractivity contribution in [1.29, 1.82) is 0 Å². The predicted molar refractivity (Wildman–Crippen MR) is 101 cm³/mol. The van der Waals surface area contributed by atoms with Crippen molar-refractivity contribution in [2.24, 2.45) is 5.92 Å². The van der Waals surface area contributed by atoms with Crippen LogP contribution in [0.3, 0.4) is 0 Å². The number of hydrogen-bond donors (Lipinski definition) is 1. The van der Waals surface area contributed by atoms with Crippen LogP contribution in [0.5, 0.6) is 0 Å². The summed E-state index contributed by atoms with van der Waals surface area (Å²) in [4.78, 5) is 38.2. The Morgan fingerprint density at radius 3 is 2.65 bits per heavy atom. The number of hydrogen-bond acceptors (Lipinski definition) is 5. The van der Waals surface area contributed by atoms with Crippen molar-refractivity contribution < 1.29 is 14.0 Å². The summed E-state index contributed by atoms with van der Waals surface area (Å²) in [7, 11) is 0. The Labute approximate surface area is 153 Å². The lowest BCUT2D eigenvalue weighted by molar-refractivity contribution is -0.132. The zero-order valence-corrected chi connectivity index (χ0v) is 15.1. The number of rotatable bonds is 2. The van der Waals surface area contributed by atoms with E-state index in [0.29, 0.717) is 41.9 Å². The van der Waals surface area contributed by atoms with Crippen molar-refractivity contribution in [3.8, 4) is 0 Å². The Bertz CT molecular complexity index is 1060. The molecule has 0 radical (unpaired) electrons. The van der Waals surface area contributed by atoms with E-state index in [0.717, 1.165) is 10.8 Å². The number of thiophene rings is 1. The van der Waals surface area contributed by atoms with Crippen molar-refractivity contribution in [2.75, 3.05) is 18.4 Å². The molecule has 3 heterocycles. The number of piperidine rings is 1. The van der Waals surface area contributed by atoms with Crippen LogP contribution in [0.2, 0.25) is 0 Å². The SMILES string of the molecule is CC(=O)N1CCC(C(=O)Nc2scc3c2c(=O)oc2ccccc23)CC1. The molecule has 26 heavy (non-hydrogen) atoms. The molecule has 1 aliphatic rings. The van der Waals surface area contributed by atoms with Crippen LogP contribution in [0.1, 0.15) is 19.8 Å². The number of fused-ring (bicyclic) bond motifs is 3. The molecule has 7 heteroatoms. The molecular formula is C19H18N2O4S. The molecule has 134 valence electrons. The van der Waals surface area contributed by atoms with Gasteiger partial charge in [0.05, 0.1) is 0 Å². The molecule has 0 spiro atoms. The summed E-state index contributed by atoms with van der Waals surface area (Å²) >= 11 is 1.33. The van der Waals surface area contributed by atoms with Crippen LogP contribution in [-0.2, 0) is 9.59 Å². The van der Waals surface area contributed by atoms with Gasteiger partial charge in [0.2, 0.25) is 11.8 Å². The van der Waals surface area contributed by atoms with Gasteiger partial charge < -0.3 is 14.6 Å². The fourth-order valence-electron chi connectivity index (χ4n) is 3.45. The first-order valence-electron chi connectivity index (χ1n) is 8.54. The van der Waals surface area contributed by atoms with E-state index in [1.54, 1.807) is 17.9 Å². The van der Waals surface area contributed by atoms with E-state index in [-0.39, 0.29) is 17.7 Å². The Hall–Kier alpha value is -2.67. The molecule has 1 saturated heterocycles. The third kappa shape index (κ3) is 2.88. The standard InChI is InChI=1S/C19H18N2O4S/c1-11(22)21-8-6-12(7-9-21)17(23)20-18-16-14(10-26-18)13-4-2-3-5-15(13)25-19(16)24/h2-5,10,12H,6-9H2,1H3,(H,20,23). The lowest BCUT2D eigenvalue weighted by atomic mass is 9.96. The molecule has 1 fully saturated rings. The number of benzene rings is 1. The average molecular weight is 370 g/mol. The van der Waals surface area contributed by atoms with E-state index in [9.17, 15) is 14.4 Å². The quantitative estimate of drug-likeness (QED) is 0.703. The molecule has 1 aromatic carbocycles. The molecule has 4 rings (SSSR count). The van der Waals surface area contributed by atoms with Gasteiger partial charge in [0.15, 0.2) is 0 Å². The van der Waals surface area contributed by atoms with Crippen molar-refractivity contribution in [3.63, 3.8) is 0 Å². The monoisotopic (exact) mass is 370 g/mol. The summed E-state index contributed by atoms with van der Waals surface area (Å²) in [6.07, 6.45) is 1.26. The van der Waals surface area contributed by atoms with Crippen LogP contribution in [0.15, 0.2) is 38.9 Å². The third-order valence-electron chi connectivity index (χ3n) is 4.92. The number of carbonyl (C=O) groups is 2. The number of amides is 2. The maximum atomic E-state index is 12.6. The summed E-state index contributed by atoms with van der Waals surface area (Å²) in [6, 6.07) is 7.37. The van der Waals surface area contributed by atoms with Gasteiger partial charge in [0, 0.05) is 42.1 Å². The summed E-state index contributed by atoms with van der Waals surface area (Å²) in [6.45, 7) is 2.72. The summed E-state index contributed by atoms with van der Waals surface area (Å²) in [5.41, 5.74) is 0.0962. The Kier molecular flexibility index (Phi) is 4.24. The Morgan fingerprint density at radius 2 is 1.92 bits per heavy atom. The van der Waals surface area contributed by atoms with Gasteiger partial charge in [-0.25, -0.2) is 4.79 Å². The van der Waals surface area contributed by atoms with E-state index >= 15 is 0 Å². The van der Waals surface area contributed by atoms with E-state index < -0.39 is 5.63 Å². The number of carbonyl (C=O) groups excluding carboxylic acids is 2. The molecule has 1 aliphatic heterocycles. The molecule has 3 aromatic rings. The minimum Gasteiger partial charge on any atom is -0.422 e. The van der Waals surface area contributed by atoms with Gasteiger partial charge in [-0.15, -0.1) is 11.3 Å². The van der Waals surface area contributed by atoms with E-state index in [2.05, 4.69) is 5.32 Å². The lowest BCUT2D eigenvalue weighted by Crippen LogP contribution is -2.40. The molecule has 2 amide bonds. The highest BCUT2D eigenvalue weighted by Gasteiger charge is 2.27. The minimum absolute atomic E-state index is 0.0394. The van der Waals surface area contributed by atoms with Gasteiger partial charge in [-0.3, -0.25) is 9.59 Å². The van der Waals surface area contributed by atoms with Crippen molar-refractivity contribution in [3.05, 3.63) is 40.1 Å². The molecule has 0 aliphatic carbocycles. The molecule has 0 atom stereocenters. The number of para-hydroxylation sites is 1. The zero-order chi connectivity index (χ0) is 18.3. The smallest absolute Gasteiger partial charge is 0.347 e. The highest BCUT2D eigenvalue weighted by atomic mass is 32.1. The fourth-order valence-corrected chi connectivity index (χ4v) is 4.40. The first-order chi connectivity index (χ1) is 12.5. The van der Waals surface area contributed by atoms with Gasteiger partial charge >= 0.3 is 5.63 Å². The molecule has 0 bridgehead atoms. The van der Waals surface area contributed by atoms with Gasteiger partial charge in [0.1, 0.15) is 16.0 Å². The molecular weight excluding hydrogens is 352 g/mol. The summed E-state index contributed by atoms with van der Waals surface area (Å²) < 4.78 is 5.40. The largest absolute Gasteiger partial charge is 0.422 e. The second-order valence-electron chi connectivity index (χ2n) is 6.51. The van der Waals surface area contributed by atoms with E-state index in [4.69, 9.17) is 4.42 Å². The van der Waals surface area contributed by atoms with Gasteiger partial charge in [0.25, 0.3) is 0 Å². The Balaban J connectivity index is 1.60. The molecule has 0 saturated carbocycles. The zero-order valence-electron chi connectivity index (χ0n) is 14.3. The van der Waals surface area contributed by atoms with E-state index in [1.165, 1.54) is 11.3 Å². The third-order valence-corrected chi connectivity index (χ3v) is 5.82. The normalized spacial score (nSPS) is 15.5. The predicted octanol–water partition coefficient (Wildman–Crippen LogP) is 3.20. The average Bonchev–Trinajstić information content (AvgIpc) is 3.06. The molecule has 0 unspecified atom stereocenters. The molecule has 2 aromatic heterocycles. The second-order valence-corrected chi connectivity index (χ2v) is 7.39. The fraction of sp³-hybridized carbons (Fsp3) is 0.316. The highest BCUT2D eigenvalue weighted by molar-refractivity contribution is 7.16. The summed E-state index contributed by atoms with van der Waals surface area (Å²) in [5, 5.41) is 7.37.